The Kier molecular flexibility index (Phi) is 11.1. The first kappa shape index (κ1) is 17.8. The minimum Gasteiger partial charge on any atom is -0.870 e. The van der Waals surface area contributed by atoms with Gasteiger partial charge in [-0.05, 0) is 0 Å². The molecule has 0 saturated heterocycles. The van der Waals surface area contributed by atoms with Gasteiger partial charge in [-0.3, -0.25) is 0 Å². The molecular formula is C3H8N6O2Sr. The zero-order valence-corrected chi connectivity index (χ0v) is 9.65. The summed E-state index contributed by atoms with van der Waals surface area (Å²) in [6.07, 6.45) is 0. The van der Waals surface area contributed by atoms with Gasteiger partial charge in [0.05, 0.1) is 0 Å². The number of hydrogen-bond acceptors (Lipinski definition) is 8. The minimum atomic E-state index is 0. The van der Waals surface area contributed by atoms with Gasteiger partial charge < -0.3 is 28.2 Å². The zero-order chi connectivity index (χ0) is 6.85. The third-order valence-electron chi connectivity index (χ3n) is 0.687. The summed E-state index contributed by atoms with van der Waals surface area (Å²) in [5, 5.41) is 0. The Labute approximate surface area is 105 Å². The van der Waals surface area contributed by atoms with Crippen LogP contribution in [0.2, 0.25) is 0 Å². The Morgan fingerprint density at radius 2 is 0.833 bits per heavy atom. The van der Waals surface area contributed by atoms with Crippen molar-refractivity contribution in [2.45, 2.75) is 0 Å². The molecule has 64 valence electrons. The van der Waals surface area contributed by atoms with Crippen molar-refractivity contribution >= 4 is 63.3 Å². The molecule has 8 N–H and O–H groups in total. The first-order valence-corrected chi connectivity index (χ1v) is 2.21. The SMILES string of the molecule is Nc1nc(N)nc(N)n1.[OH-].[OH-].[Sr+2]. The van der Waals surface area contributed by atoms with E-state index in [9.17, 15) is 0 Å². The summed E-state index contributed by atoms with van der Waals surface area (Å²) in [5.41, 5.74) is 15.4. The van der Waals surface area contributed by atoms with Crippen LogP contribution in [0.3, 0.4) is 0 Å². The number of nitrogens with two attached hydrogens (primary N) is 3. The van der Waals surface area contributed by atoms with Crippen molar-refractivity contribution in [2.75, 3.05) is 17.2 Å². The van der Waals surface area contributed by atoms with Gasteiger partial charge in [0.1, 0.15) is 0 Å². The number of nitrogens with zero attached hydrogens (tertiary/aromatic N) is 3. The van der Waals surface area contributed by atoms with Crippen LogP contribution in [0.1, 0.15) is 0 Å². The third-order valence-corrected chi connectivity index (χ3v) is 0.687. The quantitative estimate of drug-likeness (QED) is 0.436. The monoisotopic (exact) mass is 248 g/mol. The smallest absolute Gasteiger partial charge is 0.870 e. The summed E-state index contributed by atoms with van der Waals surface area (Å²) in [4.78, 5) is 10.5. The first-order valence-electron chi connectivity index (χ1n) is 2.21. The van der Waals surface area contributed by atoms with E-state index in [0.717, 1.165) is 0 Å². The molecule has 8 nitrogen and oxygen atoms in total. The standard InChI is InChI=1S/C3H6N6.2H2O.Sr/c4-1-7-2(5)9-3(6)8-1;;;/h(H6,4,5,6,7,8,9);2*1H2;/q;;;+2/p-2. The predicted octanol–water partition coefficient (Wildman–Crippen LogP) is -2.12. The van der Waals surface area contributed by atoms with Crippen LogP contribution in [0.25, 0.3) is 0 Å². The van der Waals surface area contributed by atoms with Gasteiger partial charge in [-0.25, -0.2) is 0 Å². The van der Waals surface area contributed by atoms with E-state index in [-0.39, 0.29) is 74.3 Å². The Morgan fingerprint density at radius 3 is 1.00 bits per heavy atom. The molecule has 0 bridgehead atoms. The van der Waals surface area contributed by atoms with Gasteiger partial charge in [-0.2, -0.15) is 15.0 Å². The molecule has 12 heavy (non-hydrogen) atoms. The fraction of sp³-hybridized carbons (Fsp3) is 0. The number of hydrogen-bond donors (Lipinski definition) is 3. The van der Waals surface area contributed by atoms with E-state index >= 15 is 0 Å². The van der Waals surface area contributed by atoms with E-state index in [1.165, 1.54) is 0 Å². The number of anilines is 3. The summed E-state index contributed by atoms with van der Waals surface area (Å²) in [6, 6.07) is 0. The second-order valence-corrected chi connectivity index (χ2v) is 1.41. The molecule has 1 aromatic rings. The summed E-state index contributed by atoms with van der Waals surface area (Å²) in [7, 11) is 0. The van der Waals surface area contributed by atoms with Crippen LogP contribution in [0.4, 0.5) is 17.8 Å². The molecule has 0 aliphatic rings. The molecule has 0 spiro atoms. The Hall–Kier alpha value is -0.189. The topological polar surface area (TPSA) is 177 Å². The molecule has 0 unspecified atom stereocenters. The van der Waals surface area contributed by atoms with Crippen LogP contribution in [-0.4, -0.2) is 71.4 Å². The molecule has 0 aliphatic heterocycles. The zero-order valence-electron chi connectivity index (χ0n) is 6.18. The van der Waals surface area contributed by atoms with Gasteiger partial charge in [0.15, 0.2) is 0 Å². The average Bonchev–Trinajstić information content (AvgIpc) is 1.59. The summed E-state index contributed by atoms with van der Waals surface area (Å²) in [6.45, 7) is 0. The maximum absolute atomic E-state index is 5.14. The molecular weight excluding hydrogens is 240 g/mol. The van der Waals surface area contributed by atoms with Crippen molar-refractivity contribution in [1.29, 1.82) is 0 Å². The van der Waals surface area contributed by atoms with Crippen molar-refractivity contribution in [1.82, 2.24) is 15.0 Å². The summed E-state index contributed by atoms with van der Waals surface area (Å²) < 4.78 is 0. The van der Waals surface area contributed by atoms with Crippen molar-refractivity contribution in [2.24, 2.45) is 0 Å². The number of aromatic nitrogens is 3. The van der Waals surface area contributed by atoms with Crippen LogP contribution in [0.15, 0.2) is 0 Å². The molecule has 1 rings (SSSR count). The second kappa shape index (κ2) is 7.46. The van der Waals surface area contributed by atoms with Gasteiger partial charge in [-0.1, -0.05) is 0 Å². The Morgan fingerprint density at radius 1 is 0.667 bits per heavy atom. The van der Waals surface area contributed by atoms with E-state index in [1.807, 2.05) is 0 Å². The van der Waals surface area contributed by atoms with E-state index in [0.29, 0.717) is 0 Å². The predicted molar refractivity (Wildman–Crippen MR) is 42.7 cm³/mol. The van der Waals surface area contributed by atoms with Crippen molar-refractivity contribution < 1.29 is 11.0 Å². The van der Waals surface area contributed by atoms with E-state index in [2.05, 4.69) is 15.0 Å². The van der Waals surface area contributed by atoms with Crippen LogP contribution < -0.4 is 17.2 Å². The van der Waals surface area contributed by atoms with Gasteiger partial charge in [0, 0.05) is 0 Å². The molecule has 0 atom stereocenters. The molecule has 9 heteroatoms. The van der Waals surface area contributed by atoms with Gasteiger partial charge in [0.2, 0.25) is 17.8 Å². The molecule has 0 saturated carbocycles. The normalized spacial score (nSPS) is 7.00. The van der Waals surface area contributed by atoms with Gasteiger partial charge in [-0.15, -0.1) is 0 Å². The van der Waals surface area contributed by atoms with Gasteiger partial charge in [0.25, 0.3) is 0 Å². The maximum atomic E-state index is 5.14. The van der Waals surface area contributed by atoms with Crippen molar-refractivity contribution in [3.05, 3.63) is 0 Å². The van der Waals surface area contributed by atoms with Crippen LogP contribution in [0, 0.1) is 0 Å². The van der Waals surface area contributed by atoms with Crippen LogP contribution >= 0.6 is 0 Å². The van der Waals surface area contributed by atoms with E-state index < -0.39 is 0 Å². The molecule has 1 aromatic heterocycles. The minimum absolute atomic E-state index is 0. The van der Waals surface area contributed by atoms with Crippen molar-refractivity contribution in [3.63, 3.8) is 0 Å². The van der Waals surface area contributed by atoms with Crippen LogP contribution in [0.5, 0.6) is 0 Å². The molecule has 0 aliphatic carbocycles. The molecule has 0 radical (unpaired) electrons. The van der Waals surface area contributed by atoms with E-state index in [4.69, 9.17) is 17.2 Å². The Balaban J connectivity index is -0.000000270. The fourth-order valence-electron chi connectivity index (χ4n) is 0.427. The molecule has 0 aromatic carbocycles. The molecule has 0 amide bonds. The number of nitrogen functional groups attached to an aromatic ring is 3. The number of rotatable bonds is 0. The van der Waals surface area contributed by atoms with Crippen LogP contribution in [-0.2, 0) is 0 Å². The van der Waals surface area contributed by atoms with Crippen molar-refractivity contribution in [3.8, 4) is 0 Å². The van der Waals surface area contributed by atoms with Gasteiger partial charge >= 0.3 is 45.5 Å². The first-order chi connectivity index (χ1) is 4.18. The summed E-state index contributed by atoms with van der Waals surface area (Å²) >= 11 is 0. The average molecular weight is 248 g/mol. The summed E-state index contributed by atoms with van der Waals surface area (Å²) in [5.74, 6) is 0.125. The van der Waals surface area contributed by atoms with E-state index in [1.54, 1.807) is 0 Å². The third kappa shape index (κ3) is 5.46. The maximum Gasteiger partial charge on any atom is 2.00 e. The molecule has 0 fully saturated rings. The fourth-order valence-corrected chi connectivity index (χ4v) is 0.427. The molecule has 1 heterocycles. The Bertz CT molecular complexity index is 182. The largest absolute Gasteiger partial charge is 2.00 e. The second-order valence-electron chi connectivity index (χ2n) is 1.41.